The highest BCUT2D eigenvalue weighted by Gasteiger charge is 2.21. The molecule has 86 valence electrons. The van der Waals surface area contributed by atoms with Crippen molar-refractivity contribution in [1.82, 2.24) is 19.7 Å². The van der Waals surface area contributed by atoms with Crippen LogP contribution in [0.4, 0.5) is 0 Å². The Bertz CT molecular complexity index is 556. The third-order valence-electron chi connectivity index (χ3n) is 2.18. The highest BCUT2D eigenvalue weighted by molar-refractivity contribution is 7.71. The number of aromatic amines is 1. The summed E-state index contributed by atoms with van der Waals surface area (Å²) < 4.78 is 2.67. The van der Waals surface area contributed by atoms with E-state index in [2.05, 4.69) is 36.0 Å². The second-order valence-electron chi connectivity index (χ2n) is 4.60. The van der Waals surface area contributed by atoms with E-state index in [1.807, 2.05) is 17.7 Å². The molecule has 0 saturated heterocycles. The smallest absolute Gasteiger partial charge is 0.195 e. The average molecular weight is 254 g/mol. The lowest BCUT2D eigenvalue weighted by molar-refractivity contribution is 0.396. The molecule has 0 atom stereocenters. The SMILES string of the molecule is Cc1ncc(-c2n[nH]c(=S)n2C(C)(C)C)s1. The lowest BCUT2D eigenvalue weighted by atomic mass is 10.1. The Labute approximate surface area is 103 Å². The van der Waals surface area contributed by atoms with Crippen molar-refractivity contribution in [3.63, 3.8) is 0 Å². The first kappa shape index (κ1) is 11.5. The lowest BCUT2D eigenvalue weighted by Gasteiger charge is -2.21. The van der Waals surface area contributed by atoms with Crippen LogP contribution >= 0.6 is 23.6 Å². The molecule has 2 rings (SSSR count). The first-order valence-electron chi connectivity index (χ1n) is 5.00. The molecule has 0 aromatic carbocycles. The van der Waals surface area contributed by atoms with Gasteiger partial charge in [0.05, 0.1) is 9.88 Å². The number of rotatable bonds is 1. The molecule has 16 heavy (non-hydrogen) atoms. The molecular weight excluding hydrogens is 240 g/mol. The van der Waals surface area contributed by atoms with Gasteiger partial charge in [-0.3, -0.25) is 9.67 Å². The summed E-state index contributed by atoms with van der Waals surface area (Å²) in [5.41, 5.74) is -0.0860. The molecule has 0 spiro atoms. The Morgan fingerprint density at radius 1 is 1.44 bits per heavy atom. The van der Waals surface area contributed by atoms with Crippen LogP contribution in [0.15, 0.2) is 6.20 Å². The second-order valence-corrected chi connectivity index (χ2v) is 6.22. The van der Waals surface area contributed by atoms with Crippen molar-refractivity contribution in [3.05, 3.63) is 16.0 Å². The van der Waals surface area contributed by atoms with Gasteiger partial charge in [-0.25, -0.2) is 4.98 Å². The van der Waals surface area contributed by atoms with Crippen molar-refractivity contribution in [2.24, 2.45) is 0 Å². The largest absolute Gasteiger partial charge is 0.294 e. The Hall–Kier alpha value is -1.01. The maximum absolute atomic E-state index is 5.26. The summed E-state index contributed by atoms with van der Waals surface area (Å²) in [7, 11) is 0. The summed E-state index contributed by atoms with van der Waals surface area (Å²) in [5.74, 6) is 0.864. The van der Waals surface area contributed by atoms with Crippen molar-refractivity contribution in [2.45, 2.75) is 33.2 Å². The normalized spacial score (nSPS) is 12.0. The Morgan fingerprint density at radius 3 is 2.62 bits per heavy atom. The highest BCUT2D eigenvalue weighted by Crippen LogP contribution is 2.28. The predicted octanol–water partition coefficient (Wildman–Crippen LogP) is 3.13. The topological polar surface area (TPSA) is 46.5 Å². The first-order chi connectivity index (χ1) is 7.39. The number of hydrogen-bond acceptors (Lipinski definition) is 4. The minimum absolute atomic E-state index is 0.0860. The minimum atomic E-state index is -0.0860. The summed E-state index contributed by atoms with van der Waals surface area (Å²) in [5, 5.41) is 8.16. The van der Waals surface area contributed by atoms with Crippen LogP contribution in [-0.4, -0.2) is 19.7 Å². The van der Waals surface area contributed by atoms with Gasteiger partial charge in [-0.2, -0.15) is 5.10 Å². The predicted molar refractivity (Wildman–Crippen MR) is 68.3 cm³/mol. The van der Waals surface area contributed by atoms with E-state index < -0.39 is 0 Å². The van der Waals surface area contributed by atoms with Gasteiger partial charge in [-0.05, 0) is 39.9 Å². The molecule has 6 heteroatoms. The molecule has 0 bridgehead atoms. The fourth-order valence-corrected chi connectivity index (χ4v) is 2.71. The van der Waals surface area contributed by atoms with Crippen LogP contribution < -0.4 is 0 Å². The molecule has 0 amide bonds. The van der Waals surface area contributed by atoms with Gasteiger partial charge in [0.2, 0.25) is 0 Å². The lowest BCUT2D eigenvalue weighted by Crippen LogP contribution is -2.22. The van der Waals surface area contributed by atoms with E-state index in [0.717, 1.165) is 15.7 Å². The summed E-state index contributed by atoms with van der Waals surface area (Å²) in [6.07, 6.45) is 1.84. The highest BCUT2D eigenvalue weighted by atomic mass is 32.1. The molecule has 2 aromatic rings. The molecule has 0 saturated carbocycles. The van der Waals surface area contributed by atoms with Crippen molar-refractivity contribution < 1.29 is 0 Å². The molecule has 0 fully saturated rings. The minimum Gasteiger partial charge on any atom is -0.294 e. The van der Waals surface area contributed by atoms with Crippen LogP contribution in [0.3, 0.4) is 0 Å². The van der Waals surface area contributed by atoms with Gasteiger partial charge in [-0.1, -0.05) is 0 Å². The maximum Gasteiger partial charge on any atom is 0.195 e. The zero-order chi connectivity index (χ0) is 11.9. The van der Waals surface area contributed by atoms with Gasteiger partial charge in [0.15, 0.2) is 10.6 Å². The summed E-state index contributed by atoms with van der Waals surface area (Å²) in [6, 6.07) is 0. The van der Waals surface area contributed by atoms with E-state index in [1.54, 1.807) is 11.3 Å². The molecular formula is C10H14N4S2. The van der Waals surface area contributed by atoms with Crippen LogP contribution in [-0.2, 0) is 5.54 Å². The van der Waals surface area contributed by atoms with Crippen LogP contribution in [0.25, 0.3) is 10.7 Å². The van der Waals surface area contributed by atoms with Crippen molar-refractivity contribution >= 4 is 23.6 Å². The molecule has 0 unspecified atom stereocenters. The molecule has 0 radical (unpaired) electrons. The number of nitrogens with zero attached hydrogens (tertiary/aromatic N) is 3. The number of nitrogens with one attached hydrogen (secondary N) is 1. The Morgan fingerprint density at radius 2 is 2.12 bits per heavy atom. The maximum atomic E-state index is 5.26. The van der Waals surface area contributed by atoms with E-state index in [4.69, 9.17) is 12.2 Å². The molecule has 0 aliphatic rings. The van der Waals surface area contributed by atoms with Gasteiger partial charge in [-0.15, -0.1) is 11.3 Å². The number of thiazole rings is 1. The Kier molecular flexibility index (Phi) is 2.71. The molecule has 4 nitrogen and oxygen atoms in total. The van der Waals surface area contributed by atoms with Crippen molar-refractivity contribution in [3.8, 4) is 10.7 Å². The third-order valence-corrected chi connectivity index (χ3v) is 3.37. The molecule has 2 heterocycles. The number of aryl methyl sites for hydroxylation is 1. The first-order valence-corrected chi connectivity index (χ1v) is 6.23. The summed E-state index contributed by atoms with van der Waals surface area (Å²) in [4.78, 5) is 5.28. The van der Waals surface area contributed by atoms with Gasteiger partial charge >= 0.3 is 0 Å². The zero-order valence-electron chi connectivity index (χ0n) is 9.74. The van der Waals surface area contributed by atoms with E-state index >= 15 is 0 Å². The van der Waals surface area contributed by atoms with Gasteiger partial charge in [0, 0.05) is 11.7 Å². The van der Waals surface area contributed by atoms with E-state index in [9.17, 15) is 0 Å². The van der Waals surface area contributed by atoms with Crippen LogP contribution in [0.2, 0.25) is 0 Å². The zero-order valence-corrected chi connectivity index (χ0v) is 11.4. The van der Waals surface area contributed by atoms with Crippen molar-refractivity contribution in [2.75, 3.05) is 0 Å². The standard InChI is InChI=1S/C10H14N4S2/c1-6-11-5-7(16-6)8-12-13-9(15)14(8)10(2,3)4/h5H,1-4H3,(H,13,15). The third kappa shape index (κ3) is 1.94. The molecule has 2 aromatic heterocycles. The molecule has 0 aliphatic carbocycles. The summed E-state index contributed by atoms with van der Waals surface area (Å²) in [6.45, 7) is 8.30. The van der Waals surface area contributed by atoms with Crippen LogP contribution in [0.1, 0.15) is 25.8 Å². The molecule has 1 N–H and O–H groups in total. The monoisotopic (exact) mass is 254 g/mol. The van der Waals surface area contributed by atoms with Gasteiger partial charge < -0.3 is 0 Å². The fourth-order valence-electron chi connectivity index (χ4n) is 1.55. The number of H-pyrrole nitrogens is 1. The van der Waals surface area contributed by atoms with Crippen LogP contribution in [0, 0.1) is 11.7 Å². The van der Waals surface area contributed by atoms with Gasteiger partial charge in [0.1, 0.15) is 0 Å². The van der Waals surface area contributed by atoms with Gasteiger partial charge in [0.25, 0.3) is 0 Å². The average Bonchev–Trinajstić information content (AvgIpc) is 2.70. The fraction of sp³-hybridized carbons (Fsp3) is 0.500. The van der Waals surface area contributed by atoms with Crippen molar-refractivity contribution in [1.29, 1.82) is 0 Å². The summed E-state index contributed by atoms with van der Waals surface area (Å²) >= 11 is 6.88. The number of hydrogen-bond donors (Lipinski definition) is 1. The second kappa shape index (κ2) is 3.78. The van der Waals surface area contributed by atoms with E-state index in [1.165, 1.54) is 0 Å². The Balaban J connectivity index is 2.63. The van der Waals surface area contributed by atoms with E-state index in [-0.39, 0.29) is 5.54 Å². The molecule has 0 aliphatic heterocycles. The van der Waals surface area contributed by atoms with E-state index in [0.29, 0.717) is 4.77 Å². The number of aromatic nitrogens is 4. The van der Waals surface area contributed by atoms with Crippen LogP contribution in [0.5, 0.6) is 0 Å². The quantitative estimate of drug-likeness (QED) is 0.795.